The molecule has 0 aliphatic rings. The number of methoxy groups -OCH3 is 2. The molecule has 0 heterocycles. The van der Waals surface area contributed by atoms with Crippen molar-refractivity contribution in [2.45, 2.75) is 6.54 Å². The Morgan fingerprint density at radius 1 is 1.35 bits per heavy atom. The van der Waals surface area contributed by atoms with Crippen molar-refractivity contribution in [1.29, 1.82) is 0 Å². The number of nitrogens with two attached hydrogens (primary N) is 1. The molecule has 0 atom stereocenters. The number of hydrogen-bond acceptors (Lipinski definition) is 4. The van der Waals surface area contributed by atoms with Crippen LogP contribution in [0.15, 0.2) is 18.2 Å². The third-order valence-electron chi connectivity index (χ3n) is 2.50. The van der Waals surface area contributed by atoms with Gasteiger partial charge in [0.25, 0.3) is 0 Å². The smallest absolute Gasteiger partial charge is 0.236 e. The maximum absolute atomic E-state index is 11.4. The van der Waals surface area contributed by atoms with Gasteiger partial charge in [0.15, 0.2) is 0 Å². The Balaban J connectivity index is 2.91. The maximum Gasteiger partial charge on any atom is 0.236 e. The van der Waals surface area contributed by atoms with Gasteiger partial charge in [-0.2, -0.15) is 0 Å². The summed E-state index contributed by atoms with van der Waals surface area (Å²) in [5.41, 5.74) is 6.19. The first-order valence-corrected chi connectivity index (χ1v) is 5.27. The van der Waals surface area contributed by atoms with E-state index in [1.165, 1.54) is 0 Å². The zero-order valence-electron chi connectivity index (χ0n) is 10.4. The molecule has 17 heavy (non-hydrogen) atoms. The van der Waals surface area contributed by atoms with E-state index in [1.54, 1.807) is 26.2 Å². The summed E-state index contributed by atoms with van der Waals surface area (Å²) < 4.78 is 10.4. The van der Waals surface area contributed by atoms with Gasteiger partial charge in [0.2, 0.25) is 5.91 Å². The number of carbonyl (C=O) groups excluding carboxylic acids is 1. The first kappa shape index (κ1) is 13.3. The van der Waals surface area contributed by atoms with Gasteiger partial charge < -0.3 is 20.1 Å². The van der Waals surface area contributed by atoms with Crippen molar-refractivity contribution in [2.75, 3.05) is 27.8 Å². The first-order chi connectivity index (χ1) is 8.12. The molecule has 5 heteroatoms. The van der Waals surface area contributed by atoms with E-state index in [1.807, 2.05) is 18.2 Å². The lowest BCUT2D eigenvalue weighted by Gasteiger charge is -2.18. The molecule has 5 nitrogen and oxygen atoms in total. The van der Waals surface area contributed by atoms with Crippen LogP contribution in [0.5, 0.6) is 11.5 Å². The molecule has 1 aromatic carbocycles. The second kappa shape index (κ2) is 6.10. The van der Waals surface area contributed by atoms with Crippen LogP contribution in [0.4, 0.5) is 0 Å². The summed E-state index contributed by atoms with van der Waals surface area (Å²) in [6.07, 6.45) is 0. The molecule has 1 rings (SSSR count). The van der Waals surface area contributed by atoms with Crippen molar-refractivity contribution in [3.63, 3.8) is 0 Å². The molecule has 0 unspecified atom stereocenters. The maximum atomic E-state index is 11.4. The average molecular weight is 238 g/mol. The molecule has 0 aliphatic heterocycles. The number of benzene rings is 1. The molecule has 94 valence electrons. The Kier molecular flexibility index (Phi) is 4.78. The van der Waals surface area contributed by atoms with Crippen LogP contribution in [-0.4, -0.2) is 38.6 Å². The predicted molar refractivity (Wildman–Crippen MR) is 65.1 cm³/mol. The van der Waals surface area contributed by atoms with Crippen molar-refractivity contribution >= 4 is 5.91 Å². The lowest BCUT2D eigenvalue weighted by Crippen LogP contribution is -2.32. The number of nitrogens with zero attached hydrogens (tertiary/aromatic N) is 1. The minimum atomic E-state index is -0.116. The van der Waals surface area contributed by atoms with Gasteiger partial charge in [0, 0.05) is 19.2 Å². The van der Waals surface area contributed by atoms with Crippen molar-refractivity contribution in [2.24, 2.45) is 5.73 Å². The van der Waals surface area contributed by atoms with Gasteiger partial charge in [-0.3, -0.25) is 4.79 Å². The zero-order valence-corrected chi connectivity index (χ0v) is 10.4. The molecule has 0 radical (unpaired) electrons. The van der Waals surface area contributed by atoms with Gasteiger partial charge in [-0.05, 0) is 18.2 Å². The quantitative estimate of drug-likeness (QED) is 0.816. The van der Waals surface area contributed by atoms with E-state index in [9.17, 15) is 4.79 Å². The predicted octanol–water partition coefficient (Wildman–Crippen LogP) is 0.621. The Hall–Kier alpha value is -1.75. The summed E-state index contributed by atoms with van der Waals surface area (Å²) in [5, 5.41) is 0. The molecular weight excluding hydrogens is 220 g/mol. The minimum absolute atomic E-state index is 0.00276. The fourth-order valence-electron chi connectivity index (χ4n) is 1.51. The summed E-state index contributed by atoms with van der Waals surface area (Å²) in [6, 6.07) is 5.47. The van der Waals surface area contributed by atoms with E-state index in [4.69, 9.17) is 15.2 Å². The Morgan fingerprint density at radius 3 is 2.59 bits per heavy atom. The molecule has 0 aromatic heterocycles. The van der Waals surface area contributed by atoms with Crippen LogP contribution in [0.3, 0.4) is 0 Å². The van der Waals surface area contributed by atoms with Crippen LogP contribution in [0.25, 0.3) is 0 Å². The molecule has 1 amide bonds. The van der Waals surface area contributed by atoms with E-state index in [0.717, 1.165) is 17.1 Å². The number of amides is 1. The second-order valence-corrected chi connectivity index (χ2v) is 3.63. The molecule has 0 bridgehead atoms. The first-order valence-electron chi connectivity index (χ1n) is 5.27. The topological polar surface area (TPSA) is 64.8 Å². The Morgan fingerprint density at radius 2 is 2.06 bits per heavy atom. The summed E-state index contributed by atoms with van der Waals surface area (Å²) in [7, 11) is 4.89. The van der Waals surface area contributed by atoms with Gasteiger partial charge in [0.1, 0.15) is 11.5 Å². The van der Waals surface area contributed by atoms with E-state index in [0.29, 0.717) is 6.54 Å². The number of rotatable bonds is 5. The molecule has 0 spiro atoms. The van der Waals surface area contributed by atoms with Crippen LogP contribution in [0, 0.1) is 0 Å². The van der Waals surface area contributed by atoms with Crippen LogP contribution in [-0.2, 0) is 11.3 Å². The highest BCUT2D eigenvalue weighted by atomic mass is 16.5. The van der Waals surface area contributed by atoms with Gasteiger partial charge in [-0.25, -0.2) is 0 Å². The monoisotopic (exact) mass is 238 g/mol. The average Bonchev–Trinajstić information content (AvgIpc) is 2.37. The number of likely N-dealkylation sites (N-methyl/N-ethyl adjacent to an activating group) is 1. The summed E-state index contributed by atoms with van der Waals surface area (Å²) in [4.78, 5) is 13.0. The molecule has 1 aromatic rings. The van der Waals surface area contributed by atoms with E-state index < -0.39 is 0 Å². The second-order valence-electron chi connectivity index (χ2n) is 3.63. The molecule has 0 fully saturated rings. The fourth-order valence-corrected chi connectivity index (χ4v) is 1.51. The lowest BCUT2D eigenvalue weighted by molar-refractivity contribution is -0.128. The summed E-state index contributed by atoms with van der Waals surface area (Å²) in [6.45, 7) is 0.444. The minimum Gasteiger partial charge on any atom is -0.497 e. The molecule has 0 aliphatic carbocycles. The van der Waals surface area contributed by atoms with Crippen LogP contribution in [0.1, 0.15) is 5.56 Å². The van der Waals surface area contributed by atoms with E-state index in [-0.39, 0.29) is 12.5 Å². The number of hydrogen-bond donors (Lipinski definition) is 1. The largest absolute Gasteiger partial charge is 0.497 e. The zero-order chi connectivity index (χ0) is 12.8. The molecule has 0 saturated carbocycles. The van der Waals surface area contributed by atoms with Gasteiger partial charge in [0.05, 0.1) is 20.8 Å². The fraction of sp³-hybridized carbons (Fsp3) is 0.417. The lowest BCUT2D eigenvalue weighted by atomic mass is 10.1. The van der Waals surface area contributed by atoms with Crippen LogP contribution in [0.2, 0.25) is 0 Å². The van der Waals surface area contributed by atoms with E-state index >= 15 is 0 Å². The molecular formula is C12H18N2O3. The molecule has 0 saturated heterocycles. The SMILES string of the molecule is COc1ccc(OC)c(CN(C)C(=O)CN)c1. The van der Waals surface area contributed by atoms with E-state index in [2.05, 4.69) is 0 Å². The highest BCUT2D eigenvalue weighted by molar-refractivity contribution is 5.77. The Bertz CT molecular complexity index is 393. The highest BCUT2D eigenvalue weighted by Crippen LogP contribution is 2.24. The van der Waals surface area contributed by atoms with Gasteiger partial charge >= 0.3 is 0 Å². The van der Waals surface area contributed by atoms with Gasteiger partial charge in [-0.15, -0.1) is 0 Å². The standard InChI is InChI=1S/C12H18N2O3/c1-14(12(15)7-13)8-9-6-10(16-2)4-5-11(9)17-3/h4-6H,7-8,13H2,1-3H3. The number of ether oxygens (including phenoxy) is 2. The summed E-state index contributed by atoms with van der Waals surface area (Å²) >= 11 is 0. The van der Waals surface area contributed by atoms with Crippen LogP contribution < -0.4 is 15.2 Å². The molecule has 2 N–H and O–H groups in total. The van der Waals surface area contributed by atoms with Crippen molar-refractivity contribution < 1.29 is 14.3 Å². The van der Waals surface area contributed by atoms with Crippen molar-refractivity contribution in [3.8, 4) is 11.5 Å². The third-order valence-corrected chi connectivity index (χ3v) is 2.50. The summed E-state index contributed by atoms with van der Waals surface area (Å²) in [5.74, 6) is 1.34. The third kappa shape index (κ3) is 3.35. The normalized spacial score (nSPS) is 9.88. The number of carbonyl (C=O) groups is 1. The highest BCUT2D eigenvalue weighted by Gasteiger charge is 2.11. The van der Waals surface area contributed by atoms with Gasteiger partial charge in [-0.1, -0.05) is 0 Å². The van der Waals surface area contributed by atoms with Crippen molar-refractivity contribution in [1.82, 2.24) is 4.90 Å². The van der Waals surface area contributed by atoms with Crippen molar-refractivity contribution in [3.05, 3.63) is 23.8 Å². The van der Waals surface area contributed by atoms with Crippen LogP contribution >= 0.6 is 0 Å². The Labute approximate surface area is 101 Å².